The minimum atomic E-state index is -0.0119. The van der Waals surface area contributed by atoms with Crippen LogP contribution in [0.4, 0.5) is 0 Å². The molecule has 0 aromatic rings. The Morgan fingerprint density at radius 3 is 2.33 bits per heavy atom. The van der Waals surface area contributed by atoms with Crippen LogP contribution in [0.2, 0.25) is 0 Å². The van der Waals surface area contributed by atoms with E-state index in [1.807, 2.05) is 0 Å². The third-order valence-electron chi connectivity index (χ3n) is 0.562. The summed E-state index contributed by atoms with van der Waals surface area (Å²) >= 11 is 1.24. The maximum atomic E-state index is 8.59. The van der Waals surface area contributed by atoms with Gasteiger partial charge in [-0.15, -0.1) is 0 Å². The van der Waals surface area contributed by atoms with Crippen LogP contribution in [0, 0.1) is 0 Å². The van der Waals surface area contributed by atoms with Crippen LogP contribution in [-0.2, 0) is 0 Å². The number of aliphatic hydroxyl groups excluding tert-OH is 1. The zero-order valence-electron chi connectivity index (χ0n) is 3.94. The molecule has 0 saturated heterocycles. The van der Waals surface area contributed by atoms with Gasteiger partial charge in [0.15, 0.2) is 0 Å². The van der Waals surface area contributed by atoms with E-state index in [1.165, 1.54) is 22.5 Å². The quantitative estimate of drug-likeness (QED) is 0.622. The Bertz CT molecular complexity index is 28.7. The second-order valence-electron chi connectivity index (χ2n) is 1.30. The van der Waals surface area contributed by atoms with Gasteiger partial charge in [-0.3, -0.25) is 0 Å². The monoisotopic (exact) mass is 193 g/mol. The topological polar surface area (TPSA) is 20.2 Å². The van der Waals surface area contributed by atoms with Crippen LogP contribution in [-0.4, -0.2) is 31.8 Å². The van der Waals surface area contributed by atoms with Gasteiger partial charge in [-0.2, -0.15) is 0 Å². The van der Waals surface area contributed by atoms with E-state index in [4.69, 9.17) is 5.11 Å². The van der Waals surface area contributed by atoms with Gasteiger partial charge in [0, 0.05) is 0 Å². The van der Waals surface area contributed by atoms with Gasteiger partial charge in [-0.1, -0.05) is 0 Å². The van der Waals surface area contributed by atoms with Crippen molar-refractivity contribution in [3.05, 3.63) is 0 Å². The summed E-state index contributed by atoms with van der Waals surface area (Å²) in [6.45, 7) is 2.08. The van der Waals surface area contributed by atoms with Crippen molar-refractivity contribution in [3.8, 4) is 0 Å². The molecule has 0 aliphatic heterocycles. The Hall–Kier alpha value is 0.759. The predicted octanol–water partition coefficient (Wildman–Crippen LogP) is 0.273. The Morgan fingerprint density at radius 1 is 1.83 bits per heavy atom. The van der Waals surface area contributed by atoms with E-state index < -0.39 is 0 Å². The molecular weight excluding hydrogens is 183 g/mol. The summed E-state index contributed by atoms with van der Waals surface area (Å²) in [5, 5.41) is 8.59. The van der Waals surface area contributed by atoms with Crippen molar-refractivity contribution in [1.29, 1.82) is 0 Å². The van der Waals surface area contributed by atoms with Gasteiger partial charge in [0.2, 0.25) is 0 Å². The fourth-order valence-corrected chi connectivity index (χ4v) is 1.10. The molecule has 0 fully saturated rings. The zero-order chi connectivity index (χ0) is 4.99. The summed E-state index contributed by atoms with van der Waals surface area (Å²) in [6.07, 6.45) is 2.07. The normalized spacial score (nSPS) is 14.5. The van der Waals surface area contributed by atoms with E-state index >= 15 is 0 Å². The van der Waals surface area contributed by atoms with Gasteiger partial charge in [-0.25, -0.2) is 0 Å². The molecule has 35 valence electrons. The maximum absolute atomic E-state index is 8.59. The third kappa shape index (κ3) is 4.76. The van der Waals surface area contributed by atoms with Crippen molar-refractivity contribution in [2.75, 3.05) is 0 Å². The molecule has 6 heavy (non-hydrogen) atoms. The minimum absolute atomic E-state index is 0.0119. The molecule has 1 unspecified atom stereocenters. The van der Waals surface area contributed by atoms with E-state index in [-0.39, 0.29) is 4.12 Å². The number of aliphatic hydroxyl groups is 1. The summed E-state index contributed by atoms with van der Waals surface area (Å²) in [6, 6.07) is 0. The van der Waals surface area contributed by atoms with Gasteiger partial charge in [0.1, 0.15) is 0 Å². The molecule has 3 radical (unpaired) electrons. The first-order chi connectivity index (χ1) is 2.77. The molecule has 0 saturated carbocycles. The summed E-state index contributed by atoms with van der Waals surface area (Å²) in [7, 11) is 0. The first-order valence-corrected chi connectivity index (χ1v) is 3.81. The van der Waals surface area contributed by atoms with Crippen molar-refractivity contribution in [3.63, 3.8) is 0 Å². The summed E-state index contributed by atoms with van der Waals surface area (Å²) < 4.78 is -0.0119. The van der Waals surface area contributed by atoms with Crippen LogP contribution < -0.4 is 0 Å². The molecule has 0 aliphatic carbocycles. The van der Waals surface area contributed by atoms with Crippen LogP contribution in [0.5, 0.6) is 0 Å². The average Bonchev–Trinajstić information content (AvgIpc) is 1.35. The Kier molecular flexibility index (Phi) is 4.43. The van der Waals surface area contributed by atoms with Crippen molar-refractivity contribution < 1.29 is 5.11 Å². The van der Waals surface area contributed by atoms with Crippen molar-refractivity contribution in [1.82, 2.24) is 0 Å². The number of hydrogen-bond donors (Lipinski definition) is 1. The number of rotatable bonds is 2. The molecule has 1 atom stereocenters. The molecule has 0 rings (SSSR count). The predicted molar refractivity (Wildman–Crippen MR) is 26.7 cm³/mol. The number of hydrogen-bond acceptors (Lipinski definition) is 1. The van der Waals surface area contributed by atoms with Gasteiger partial charge >= 0.3 is 51.5 Å². The molecule has 0 amide bonds. The molecule has 1 nitrogen and oxygen atoms in total. The van der Waals surface area contributed by atoms with Crippen LogP contribution in [0.25, 0.3) is 0 Å². The molecule has 0 heterocycles. The summed E-state index contributed by atoms with van der Waals surface area (Å²) in [5.41, 5.74) is 0. The zero-order valence-corrected chi connectivity index (χ0v) is 6.79. The van der Waals surface area contributed by atoms with Crippen molar-refractivity contribution in [2.24, 2.45) is 0 Å². The van der Waals surface area contributed by atoms with E-state index in [1.54, 1.807) is 0 Å². The fourth-order valence-electron chi connectivity index (χ4n) is 0.273. The van der Waals surface area contributed by atoms with Gasteiger partial charge in [-0.05, 0) is 0 Å². The molecule has 2 heteroatoms. The van der Waals surface area contributed by atoms with Crippen molar-refractivity contribution in [2.45, 2.75) is 23.9 Å². The van der Waals surface area contributed by atoms with E-state index in [0.717, 1.165) is 12.8 Å². The Balaban J connectivity index is 2.63. The standard InChI is InChI=1S/C4H9O.Sn/c1-2-3-4-5;/h4-5H,2-3H2,1H3;. The third-order valence-corrected chi connectivity index (χ3v) is 1.39. The molecule has 1 N–H and O–H groups in total. The second-order valence-corrected chi connectivity index (χ2v) is 3.21. The summed E-state index contributed by atoms with van der Waals surface area (Å²) in [5.74, 6) is 0. The van der Waals surface area contributed by atoms with Crippen LogP contribution in [0.15, 0.2) is 0 Å². The molecule has 0 aliphatic rings. The Morgan fingerprint density at radius 2 is 2.33 bits per heavy atom. The SMILES string of the molecule is CCC[CH](O)[Sn]. The molecular formula is C4H9OSn. The molecule has 0 aromatic carbocycles. The Labute approximate surface area is 51.8 Å². The van der Waals surface area contributed by atoms with Crippen LogP contribution in [0.1, 0.15) is 19.8 Å². The van der Waals surface area contributed by atoms with Gasteiger partial charge in [0.25, 0.3) is 0 Å². The van der Waals surface area contributed by atoms with Crippen LogP contribution in [0.3, 0.4) is 0 Å². The van der Waals surface area contributed by atoms with E-state index in [0.29, 0.717) is 0 Å². The van der Waals surface area contributed by atoms with E-state index in [2.05, 4.69) is 6.92 Å². The average molecular weight is 192 g/mol. The van der Waals surface area contributed by atoms with Gasteiger partial charge < -0.3 is 0 Å². The van der Waals surface area contributed by atoms with Crippen molar-refractivity contribution >= 4 is 22.5 Å². The first-order valence-electron chi connectivity index (χ1n) is 2.16. The van der Waals surface area contributed by atoms with Gasteiger partial charge in [0.05, 0.1) is 0 Å². The molecule has 0 aromatic heterocycles. The molecule has 0 spiro atoms. The molecule has 0 bridgehead atoms. The van der Waals surface area contributed by atoms with E-state index in [9.17, 15) is 0 Å². The fraction of sp³-hybridized carbons (Fsp3) is 1.00. The second kappa shape index (κ2) is 3.93. The first kappa shape index (κ1) is 6.76. The van der Waals surface area contributed by atoms with Crippen LogP contribution >= 0.6 is 0 Å². The summed E-state index contributed by atoms with van der Waals surface area (Å²) in [4.78, 5) is 0.